The number of guanidine groups is 1. The van der Waals surface area contributed by atoms with Crippen LogP contribution in [0.2, 0.25) is 0 Å². The third-order valence-electron chi connectivity index (χ3n) is 2.40. The highest BCUT2D eigenvalue weighted by Crippen LogP contribution is 2.08. The van der Waals surface area contributed by atoms with Crippen molar-refractivity contribution in [3.63, 3.8) is 0 Å². The van der Waals surface area contributed by atoms with Crippen molar-refractivity contribution in [1.82, 2.24) is 9.97 Å². The Morgan fingerprint density at radius 1 is 1.32 bits per heavy atom. The Morgan fingerprint density at radius 3 is 2.40 bits per heavy atom. The number of nitrogens with one attached hydrogen (secondary N) is 1. The number of rotatable bonds is 2. The van der Waals surface area contributed by atoms with E-state index in [1.54, 1.807) is 26.0 Å². The molecule has 0 aromatic carbocycles. The van der Waals surface area contributed by atoms with Crippen LogP contribution >= 0.6 is 11.3 Å². The lowest BCUT2D eigenvalue weighted by molar-refractivity contribution is 0.0606. The van der Waals surface area contributed by atoms with E-state index >= 15 is 0 Å². The number of carbonyl (C=O) groups excluding carboxylic acids is 1. The third kappa shape index (κ3) is 7.50. The molecular formula is C13H16N6O4S2. The number of aryl methyl sites for hydroxylation is 2. The van der Waals surface area contributed by atoms with Crippen LogP contribution in [0.25, 0.3) is 0 Å². The Labute approximate surface area is 149 Å². The van der Waals surface area contributed by atoms with Gasteiger partial charge in [-0.05, 0) is 31.4 Å². The fourth-order valence-electron chi connectivity index (χ4n) is 1.53. The van der Waals surface area contributed by atoms with Crippen molar-refractivity contribution in [3.05, 3.63) is 39.8 Å². The first-order valence-electron chi connectivity index (χ1n) is 6.65. The summed E-state index contributed by atoms with van der Waals surface area (Å²) in [5.74, 6) is 4.60. The molecule has 0 fully saturated rings. The van der Waals surface area contributed by atoms with Gasteiger partial charge < -0.3 is 10.6 Å². The number of methoxy groups -OCH3 is 1. The predicted octanol–water partition coefficient (Wildman–Crippen LogP) is 1.33. The zero-order chi connectivity index (χ0) is 18.8. The molecule has 0 radical (unpaired) electrons. The van der Waals surface area contributed by atoms with Crippen LogP contribution in [0.15, 0.2) is 33.0 Å². The maximum absolute atomic E-state index is 10.7. The summed E-state index contributed by atoms with van der Waals surface area (Å²) in [5, 5.41) is 7.47. The van der Waals surface area contributed by atoms with E-state index < -0.39 is 10.5 Å². The fourth-order valence-corrected chi connectivity index (χ4v) is 2.40. The van der Waals surface area contributed by atoms with Gasteiger partial charge in [-0.25, -0.2) is 14.8 Å². The van der Waals surface area contributed by atoms with Crippen LogP contribution < -0.4 is 11.2 Å². The molecule has 0 unspecified atom stereocenters. The summed E-state index contributed by atoms with van der Waals surface area (Å²) in [7, 11) is -1.26. The van der Waals surface area contributed by atoms with Gasteiger partial charge in [0.05, 0.1) is 7.11 Å². The second-order valence-electron chi connectivity index (χ2n) is 4.33. The summed E-state index contributed by atoms with van der Waals surface area (Å²) >= 11 is 1.38. The lowest BCUT2D eigenvalue weighted by atomic mass is 10.4. The molecule has 10 nitrogen and oxygen atoms in total. The number of aromatic nitrogens is 2. The van der Waals surface area contributed by atoms with Crippen LogP contribution in [0.1, 0.15) is 21.1 Å². The van der Waals surface area contributed by atoms with Gasteiger partial charge in [0.1, 0.15) is 4.88 Å². The maximum Gasteiger partial charge on any atom is 0.348 e. The number of anilines is 1. The molecule has 12 heteroatoms. The quantitative estimate of drug-likeness (QED) is 0.259. The minimum absolute atomic E-state index is 0.191. The SMILES string of the molecule is COC(=O)c1cccs1.Cc1cc(C)nc(NC(=NN)N=S(=O)=O)n1. The number of hydrogen-bond donors (Lipinski definition) is 2. The third-order valence-corrected chi connectivity index (χ3v) is 3.57. The fraction of sp³-hybridized carbons (Fsp3) is 0.231. The van der Waals surface area contributed by atoms with Crippen molar-refractivity contribution < 1.29 is 17.9 Å². The molecule has 0 aliphatic rings. The minimum Gasteiger partial charge on any atom is -0.465 e. The summed E-state index contributed by atoms with van der Waals surface area (Å²) in [6.07, 6.45) is 0. The molecule has 134 valence electrons. The standard InChI is InChI=1S/C7H10N6O2S.C6H6O2S/c1-4-3-5(2)10-6(9-4)11-7(12-8)13-16(14)15;1-8-6(7)5-3-2-4-9-5/h3H,8H2,1-2H3,(H,9,10,11,12);2-4H,1H3. The van der Waals surface area contributed by atoms with Crippen molar-refractivity contribution >= 4 is 39.7 Å². The van der Waals surface area contributed by atoms with E-state index in [9.17, 15) is 13.2 Å². The average Bonchev–Trinajstić information content (AvgIpc) is 3.07. The lowest BCUT2D eigenvalue weighted by Crippen LogP contribution is -2.14. The van der Waals surface area contributed by atoms with E-state index in [0.717, 1.165) is 11.4 Å². The van der Waals surface area contributed by atoms with Gasteiger partial charge in [-0.3, -0.25) is 5.32 Å². The smallest absolute Gasteiger partial charge is 0.348 e. The zero-order valence-electron chi connectivity index (χ0n) is 13.6. The molecule has 0 aliphatic carbocycles. The largest absolute Gasteiger partial charge is 0.465 e. The Hall–Kier alpha value is -2.86. The van der Waals surface area contributed by atoms with Crippen molar-refractivity contribution in [2.24, 2.45) is 15.3 Å². The van der Waals surface area contributed by atoms with Crippen molar-refractivity contribution in [2.75, 3.05) is 12.4 Å². The number of hydrogen-bond acceptors (Lipinski definition) is 9. The number of hydrazone groups is 1. The van der Waals surface area contributed by atoms with Gasteiger partial charge in [0, 0.05) is 11.4 Å². The molecule has 2 heterocycles. The van der Waals surface area contributed by atoms with Gasteiger partial charge in [-0.15, -0.1) is 16.4 Å². The topological polar surface area (TPSA) is 149 Å². The Bertz CT molecular complexity index is 850. The second-order valence-corrected chi connectivity index (χ2v) is 5.89. The van der Waals surface area contributed by atoms with Gasteiger partial charge in [0.15, 0.2) is 0 Å². The van der Waals surface area contributed by atoms with Gasteiger partial charge in [0.2, 0.25) is 5.95 Å². The van der Waals surface area contributed by atoms with E-state index in [1.807, 2.05) is 11.4 Å². The minimum atomic E-state index is -2.63. The molecule has 0 amide bonds. The normalized spacial score (nSPS) is 10.3. The van der Waals surface area contributed by atoms with E-state index in [0.29, 0.717) is 4.88 Å². The summed E-state index contributed by atoms with van der Waals surface area (Å²) in [6, 6.07) is 5.32. The zero-order valence-corrected chi connectivity index (χ0v) is 15.3. The van der Waals surface area contributed by atoms with E-state index in [4.69, 9.17) is 5.84 Å². The molecule has 2 aromatic heterocycles. The first-order valence-corrected chi connectivity index (χ1v) is 8.57. The monoisotopic (exact) mass is 384 g/mol. The lowest BCUT2D eigenvalue weighted by Gasteiger charge is -2.03. The highest BCUT2D eigenvalue weighted by molar-refractivity contribution is 7.62. The van der Waals surface area contributed by atoms with E-state index in [2.05, 4.69) is 29.5 Å². The second kappa shape index (κ2) is 10.1. The van der Waals surface area contributed by atoms with Gasteiger partial charge >= 0.3 is 16.5 Å². The van der Waals surface area contributed by atoms with Crippen molar-refractivity contribution in [2.45, 2.75) is 13.8 Å². The molecule has 0 spiro atoms. The summed E-state index contributed by atoms with van der Waals surface area (Å²) in [4.78, 5) is 19.3. The van der Waals surface area contributed by atoms with Crippen molar-refractivity contribution in [1.29, 1.82) is 0 Å². The molecule has 3 N–H and O–H groups in total. The van der Waals surface area contributed by atoms with Crippen LogP contribution in [-0.4, -0.2) is 37.4 Å². The molecule has 0 saturated heterocycles. The first-order chi connectivity index (χ1) is 11.8. The molecule has 2 rings (SSSR count). The number of esters is 1. The molecule has 0 aliphatic heterocycles. The average molecular weight is 384 g/mol. The highest BCUT2D eigenvalue weighted by atomic mass is 32.2. The molecular weight excluding hydrogens is 368 g/mol. The molecule has 2 aromatic rings. The highest BCUT2D eigenvalue weighted by Gasteiger charge is 2.03. The molecule has 0 bridgehead atoms. The Morgan fingerprint density at radius 2 is 1.96 bits per heavy atom. The molecule has 0 saturated carbocycles. The van der Waals surface area contributed by atoms with Crippen LogP contribution in [0.4, 0.5) is 5.95 Å². The Balaban J connectivity index is 0.000000293. The van der Waals surface area contributed by atoms with Gasteiger partial charge in [-0.2, -0.15) is 8.42 Å². The number of nitrogens with zero attached hydrogens (tertiary/aromatic N) is 4. The predicted molar refractivity (Wildman–Crippen MR) is 93.8 cm³/mol. The first kappa shape index (κ1) is 20.2. The van der Waals surface area contributed by atoms with Crippen LogP contribution in [0.3, 0.4) is 0 Å². The number of thiophene rings is 1. The van der Waals surface area contributed by atoms with Gasteiger partial charge in [-0.1, -0.05) is 10.4 Å². The van der Waals surface area contributed by atoms with Crippen LogP contribution in [-0.2, 0) is 15.2 Å². The molecule has 25 heavy (non-hydrogen) atoms. The van der Waals surface area contributed by atoms with Crippen LogP contribution in [0, 0.1) is 13.8 Å². The maximum atomic E-state index is 10.7. The van der Waals surface area contributed by atoms with Gasteiger partial charge in [0.25, 0.3) is 5.96 Å². The van der Waals surface area contributed by atoms with Crippen molar-refractivity contribution in [3.8, 4) is 0 Å². The van der Waals surface area contributed by atoms with E-state index in [1.165, 1.54) is 18.4 Å². The summed E-state index contributed by atoms with van der Waals surface area (Å²) in [5.41, 5.74) is 1.46. The summed E-state index contributed by atoms with van der Waals surface area (Å²) in [6.45, 7) is 3.56. The Kier molecular flexibility index (Phi) is 8.15. The number of carbonyl (C=O) groups is 1. The number of ether oxygens (including phenoxy) is 1. The number of nitrogens with two attached hydrogens (primary N) is 1. The summed E-state index contributed by atoms with van der Waals surface area (Å²) < 4.78 is 28.2. The molecule has 0 atom stereocenters. The van der Waals surface area contributed by atoms with Crippen LogP contribution in [0.5, 0.6) is 0 Å². The van der Waals surface area contributed by atoms with E-state index in [-0.39, 0.29) is 17.9 Å².